The van der Waals surface area contributed by atoms with E-state index in [1.54, 1.807) is 20.2 Å². The first-order valence-corrected chi connectivity index (χ1v) is 10.9. The van der Waals surface area contributed by atoms with Crippen molar-refractivity contribution in [1.29, 1.82) is 0 Å². The number of carbonyl (C=O) groups excluding carboxylic acids is 2. The molecule has 0 radical (unpaired) electrons. The van der Waals surface area contributed by atoms with E-state index in [1.807, 2.05) is 42.5 Å². The Labute approximate surface area is 190 Å². The second-order valence-corrected chi connectivity index (χ2v) is 8.66. The lowest BCUT2D eigenvalue weighted by atomic mass is 10.1. The fourth-order valence-electron chi connectivity index (χ4n) is 3.43. The third kappa shape index (κ3) is 3.89. The Kier molecular flexibility index (Phi) is 5.71. The molecule has 156 valence electrons. The summed E-state index contributed by atoms with van der Waals surface area (Å²) in [5.74, 6) is -0.774. The van der Waals surface area contributed by atoms with Crippen LogP contribution in [-0.2, 0) is 9.59 Å². The lowest BCUT2D eigenvalue weighted by molar-refractivity contribution is -0.132. The third-order valence-electron chi connectivity index (χ3n) is 5.13. The summed E-state index contributed by atoms with van der Waals surface area (Å²) in [6.07, 6.45) is 1.65. The van der Waals surface area contributed by atoms with Gasteiger partial charge >= 0.3 is 0 Å². The molecule has 2 amide bonds. The predicted molar refractivity (Wildman–Crippen MR) is 130 cm³/mol. The van der Waals surface area contributed by atoms with Crippen molar-refractivity contribution in [3.8, 4) is 0 Å². The number of thiophene rings is 1. The van der Waals surface area contributed by atoms with Gasteiger partial charge in [0, 0.05) is 30.3 Å². The Morgan fingerprint density at radius 1 is 0.871 bits per heavy atom. The van der Waals surface area contributed by atoms with Crippen molar-refractivity contribution in [1.82, 2.24) is 9.80 Å². The molecule has 1 fully saturated rings. The minimum atomic E-state index is -0.387. The summed E-state index contributed by atoms with van der Waals surface area (Å²) in [5.41, 5.74) is 3.36. The van der Waals surface area contributed by atoms with Crippen LogP contribution in [0.2, 0.25) is 0 Å². The fourth-order valence-corrected chi connectivity index (χ4v) is 4.58. The van der Waals surface area contributed by atoms with Gasteiger partial charge in [-0.15, -0.1) is 11.3 Å². The standard InChI is InChI=1S/C24H21N3O2S2/c1-16-9-7-8-12-20(16)27(17-10-5-4-6-11-17)21-14-13-18(31-21)15-19-22(28)25(2)24(30)26(3)23(19)29/h4-15H,1-3H3. The van der Waals surface area contributed by atoms with Gasteiger partial charge in [0.15, 0.2) is 5.11 Å². The van der Waals surface area contributed by atoms with Crippen molar-refractivity contribution >= 4 is 62.9 Å². The van der Waals surface area contributed by atoms with Crippen LogP contribution in [0.15, 0.2) is 72.3 Å². The highest BCUT2D eigenvalue weighted by atomic mass is 32.1. The summed E-state index contributed by atoms with van der Waals surface area (Å²) in [6, 6.07) is 22.2. The van der Waals surface area contributed by atoms with Crippen molar-refractivity contribution in [2.45, 2.75) is 6.92 Å². The number of hydrogen-bond donors (Lipinski definition) is 0. The summed E-state index contributed by atoms with van der Waals surface area (Å²) < 4.78 is 0. The SMILES string of the molecule is Cc1ccccc1N(c1ccccc1)c1ccc(C=C2C(=O)N(C)C(=S)N(C)C2=O)s1. The second-order valence-electron chi connectivity index (χ2n) is 7.20. The maximum absolute atomic E-state index is 12.6. The smallest absolute Gasteiger partial charge is 0.265 e. The quantitative estimate of drug-likeness (QED) is 0.316. The van der Waals surface area contributed by atoms with Crippen molar-refractivity contribution in [3.63, 3.8) is 0 Å². The van der Waals surface area contributed by atoms with E-state index < -0.39 is 0 Å². The summed E-state index contributed by atoms with van der Waals surface area (Å²) in [7, 11) is 3.16. The molecule has 0 bridgehead atoms. The van der Waals surface area contributed by atoms with Crippen LogP contribution < -0.4 is 4.90 Å². The zero-order valence-electron chi connectivity index (χ0n) is 17.4. The molecule has 0 N–H and O–H groups in total. The molecule has 1 aromatic heterocycles. The van der Waals surface area contributed by atoms with Gasteiger partial charge in [0.2, 0.25) is 0 Å². The van der Waals surface area contributed by atoms with Crippen molar-refractivity contribution < 1.29 is 9.59 Å². The van der Waals surface area contributed by atoms with Crippen molar-refractivity contribution in [2.24, 2.45) is 0 Å². The summed E-state index contributed by atoms with van der Waals surface area (Å²) >= 11 is 6.68. The van der Waals surface area contributed by atoms with E-state index in [0.717, 1.165) is 26.8 Å². The minimum Gasteiger partial charge on any atom is -0.302 e. The zero-order valence-corrected chi connectivity index (χ0v) is 19.0. The van der Waals surface area contributed by atoms with Gasteiger partial charge in [-0.25, -0.2) is 0 Å². The lowest BCUT2D eigenvalue weighted by Gasteiger charge is -2.31. The Bertz CT molecular complexity index is 1170. The molecule has 3 aromatic rings. The second kappa shape index (κ2) is 8.45. The van der Waals surface area contributed by atoms with Gasteiger partial charge in [0.25, 0.3) is 11.8 Å². The van der Waals surface area contributed by atoms with Crippen LogP contribution in [-0.4, -0.2) is 40.8 Å². The number of thiocarbonyl (C=S) groups is 1. The Morgan fingerprint density at radius 2 is 1.48 bits per heavy atom. The molecule has 0 atom stereocenters. The Balaban J connectivity index is 1.76. The molecule has 0 saturated carbocycles. The van der Waals surface area contributed by atoms with Crippen LogP contribution in [0, 0.1) is 6.92 Å². The van der Waals surface area contributed by atoms with Gasteiger partial charge < -0.3 is 4.90 Å². The highest BCUT2D eigenvalue weighted by Crippen LogP contribution is 2.40. The summed E-state index contributed by atoms with van der Waals surface area (Å²) in [6.45, 7) is 2.08. The summed E-state index contributed by atoms with van der Waals surface area (Å²) in [5, 5.41) is 1.19. The molecule has 0 unspecified atom stereocenters. The molecule has 2 heterocycles. The van der Waals surface area contributed by atoms with Crippen molar-refractivity contribution in [3.05, 3.63) is 82.7 Å². The van der Waals surface area contributed by atoms with Crippen molar-refractivity contribution in [2.75, 3.05) is 19.0 Å². The average molecular weight is 448 g/mol. The van der Waals surface area contributed by atoms with E-state index in [9.17, 15) is 9.59 Å². The zero-order chi connectivity index (χ0) is 22.1. The molecule has 4 rings (SSSR count). The van der Waals surface area contributed by atoms with Gasteiger partial charge in [-0.1, -0.05) is 36.4 Å². The van der Waals surface area contributed by atoms with E-state index in [4.69, 9.17) is 12.2 Å². The molecule has 31 heavy (non-hydrogen) atoms. The molecule has 2 aromatic carbocycles. The topological polar surface area (TPSA) is 43.9 Å². The number of hydrogen-bond acceptors (Lipinski definition) is 5. The molecular formula is C24H21N3O2S2. The van der Waals surface area contributed by atoms with E-state index >= 15 is 0 Å². The molecule has 0 spiro atoms. The van der Waals surface area contributed by atoms with Crippen LogP contribution in [0.1, 0.15) is 10.4 Å². The minimum absolute atomic E-state index is 0.106. The number of anilines is 3. The highest BCUT2D eigenvalue weighted by molar-refractivity contribution is 7.80. The predicted octanol–water partition coefficient (Wildman–Crippen LogP) is 5.13. The van der Waals surface area contributed by atoms with Gasteiger partial charge in [0.1, 0.15) is 10.6 Å². The maximum atomic E-state index is 12.6. The Morgan fingerprint density at radius 3 is 2.13 bits per heavy atom. The summed E-state index contributed by atoms with van der Waals surface area (Å²) in [4.78, 5) is 30.9. The van der Waals surface area contributed by atoms with E-state index in [1.165, 1.54) is 21.1 Å². The third-order valence-corrected chi connectivity index (χ3v) is 6.70. The number of benzene rings is 2. The largest absolute Gasteiger partial charge is 0.302 e. The maximum Gasteiger partial charge on any atom is 0.265 e. The van der Waals surface area contributed by atoms with Crippen LogP contribution >= 0.6 is 23.6 Å². The number of amides is 2. The van der Waals surface area contributed by atoms with E-state index in [0.29, 0.717) is 0 Å². The Hall–Kier alpha value is -3.29. The monoisotopic (exact) mass is 447 g/mol. The molecule has 1 aliphatic rings. The molecule has 1 aliphatic heterocycles. The lowest BCUT2D eigenvalue weighted by Crippen LogP contribution is -2.52. The molecular weight excluding hydrogens is 426 g/mol. The number of para-hydroxylation sites is 2. The molecule has 7 heteroatoms. The average Bonchev–Trinajstić information content (AvgIpc) is 3.24. The number of aryl methyl sites for hydroxylation is 1. The van der Waals surface area contributed by atoms with Crippen LogP contribution in [0.5, 0.6) is 0 Å². The number of rotatable bonds is 4. The van der Waals surface area contributed by atoms with E-state index in [-0.39, 0.29) is 22.5 Å². The number of likely N-dealkylation sites (N-methyl/N-ethyl adjacent to an activating group) is 2. The first-order valence-electron chi connectivity index (χ1n) is 9.71. The number of nitrogens with zero attached hydrogens (tertiary/aromatic N) is 3. The fraction of sp³-hybridized carbons (Fsp3) is 0.125. The van der Waals surface area contributed by atoms with Crippen LogP contribution in [0.4, 0.5) is 16.4 Å². The molecule has 1 saturated heterocycles. The first kappa shape index (κ1) is 21.0. The van der Waals surface area contributed by atoms with Gasteiger partial charge in [-0.05, 0) is 61.1 Å². The van der Waals surface area contributed by atoms with Crippen LogP contribution in [0.3, 0.4) is 0 Å². The molecule has 0 aliphatic carbocycles. The first-order chi connectivity index (χ1) is 14.9. The normalized spacial score (nSPS) is 14.3. The van der Waals surface area contributed by atoms with Gasteiger partial charge in [-0.2, -0.15) is 0 Å². The van der Waals surface area contributed by atoms with Crippen LogP contribution in [0.25, 0.3) is 6.08 Å². The number of carbonyl (C=O) groups is 2. The van der Waals surface area contributed by atoms with Gasteiger partial charge in [0.05, 0.1) is 0 Å². The highest BCUT2D eigenvalue weighted by Gasteiger charge is 2.35. The van der Waals surface area contributed by atoms with Gasteiger partial charge in [-0.3, -0.25) is 19.4 Å². The molecule has 5 nitrogen and oxygen atoms in total. The van der Waals surface area contributed by atoms with E-state index in [2.05, 4.69) is 36.1 Å².